The van der Waals surface area contributed by atoms with Crippen molar-refractivity contribution in [3.8, 4) is 0 Å². The molecule has 6 heteroatoms. The summed E-state index contributed by atoms with van der Waals surface area (Å²) in [5, 5.41) is 0. The Bertz CT molecular complexity index is 383. The van der Waals surface area contributed by atoms with Crippen LogP contribution in [0, 0.1) is 0 Å². The van der Waals surface area contributed by atoms with Gasteiger partial charge in [0, 0.05) is 6.20 Å². The highest BCUT2D eigenvalue weighted by Crippen LogP contribution is 2.28. The molecule has 0 fully saturated rings. The summed E-state index contributed by atoms with van der Waals surface area (Å²) in [6.45, 7) is 0.982. The molecule has 0 radical (unpaired) electrons. The van der Waals surface area contributed by atoms with Gasteiger partial charge in [-0.1, -0.05) is 0 Å². The fourth-order valence-electron chi connectivity index (χ4n) is 1.18. The molecule has 0 aromatic carbocycles. The Labute approximate surface area is 83.6 Å². The topological polar surface area (TPSA) is 34.5 Å². The lowest BCUT2D eigenvalue weighted by molar-refractivity contribution is -0.137. The van der Waals surface area contributed by atoms with E-state index in [1.165, 1.54) is 6.07 Å². The van der Waals surface area contributed by atoms with Crippen molar-refractivity contribution >= 4 is 5.90 Å². The van der Waals surface area contributed by atoms with Gasteiger partial charge in [-0.2, -0.15) is 13.2 Å². The number of aromatic nitrogens is 1. The number of alkyl halides is 3. The molecule has 15 heavy (non-hydrogen) atoms. The average Bonchev–Trinajstić information content (AvgIpc) is 2.69. The fraction of sp³-hybridized carbons (Fsp3) is 0.333. The van der Waals surface area contributed by atoms with Gasteiger partial charge in [0.1, 0.15) is 12.3 Å². The molecule has 0 N–H and O–H groups in total. The Morgan fingerprint density at radius 1 is 1.27 bits per heavy atom. The van der Waals surface area contributed by atoms with Gasteiger partial charge < -0.3 is 4.74 Å². The molecule has 0 saturated carbocycles. The molecular formula is C9H7F3N2O. The Kier molecular flexibility index (Phi) is 2.34. The van der Waals surface area contributed by atoms with Crippen LogP contribution in [0.1, 0.15) is 11.3 Å². The minimum Gasteiger partial charge on any atom is -0.474 e. The predicted molar refractivity (Wildman–Crippen MR) is 46.6 cm³/mol. The van der Waals surface area contributed by atoms with E-state index in [4.69, 9.17) is 4.74 Å². The van der Waals surface area contributed by atoms with Gasteiger partial charge in [0.2, 0.25) is 5.90 Å². The minimum atomic E-state index is -4.36. The van der Waals surface area contributed by atoms with E-state index in [0.717, 1.165) is 12.3 Å². The predicted octanol–water partition coefficient (Wildman–Crippen LogP) is 1.88. The molecule has 1 aliphatic heterocycles. The van der Waals surface area contributed by atoms with E-state index in [9.17, 15) is 13.2 Å². The van der Waals surface area contributed by atoms with Crippen LogP contribution in [0.4, 0.5) is 13.2 Å². The summed E-state index contributed by atoms with van der Waals surface area (Å²) >= 11 is 0. The number of aliphatic imine (C=N–C) groups is 1. The highest BCUT2D eigenvalue weighted by atomic mass is 19.4. The first-order valence-corrected chi connectivity index (χ1v) is 4.28. The standard InChI is InChI=1S/C9H7F3N2O/c10-9(11,12)6-1-2-7(14-5-6)8-13-3-4-15-8/h1-2,5H,3-4H2. The van der Waals surface area contributed by atoms with Crippen molar-refractivity contribution in [2.24, 2.45) is 4.99 Å². The van der Waals surface area contributed by atoms with Crippen LogP contribution in [0.5, 0.6) is 0 Å². The molecule has 0 bridgehead atoms. The molecule has 1 aromatic heterocycles. The SMILES string of the molecule is FC(F)(F)c1ccc(C2=NCCO2)nc1. The monoisotopic (exact) mass is 216 g/mol. The quantitative estimate of drug-likeness (QED) is 0.718. The van der Waals surface area contributed by atoms with Crippen LogP contribution in [0.25, 0.3) is 0 Å². The number of nitrogens with zero attached hydrogens (tertiary/aromatic N) is 2. The van der Waals surface area contributed by atoms with Gasteiger partial charge in [0.05, 0.1) is 12.1 Å². The molecule has 0 spiro atoms. The maximum Gasteiger partial charge on any atom is 0.417 e. The molecule has 80 valence electrons. The molecule has 0 saturated heterocycles. The Balaban J connectivity index is 2.24. The number of rotatable bonds is 1. The van der Waals surface area contributed by atoms with E-state index in [2.05, 4.69) is 9.98 Å². The van der Waals surface area contributed by atoms with Crippen LogP contribution in [0.3, 0.4) is 0 Å². The maximum absolute atomic E-state index is 12.2. The maximum atomic E-state index is 12.2. The smallest absolute Gasteiger partial charge is 0.417 e. The first-order chi connectivity index (χ1) is 7.07. The van der Waals surface area contributed by atoms with Gasteiger partial charge in [0.15, 0.2) is 0 Å². The third kappa shape index (κ3) is 2.08. The average molecular weight is 216 g/mol. The second kappa shape index (κ2) is 3.52. The minimum absolute atomic E-state index is 0.309. The van der Waals surface area contributed by atoms with Crippen LogP contribution in [-0.2, 0) is 10.9 Å². The summed E-state index contributed by atoms with van der Waals surface area (Å²) in [6, 6.07) is 2.22. The first kappa shape index (κ1) is 9.95. The van der Waals surface area contributed by atoms with E-state index < -0.39 is 11.7 Å². The summed E-state index contributed by atoms with van der Waals surface area (Å²) in [7, 11) is 0. The number of halogens is 3. The largest absolute Gasteiger partial charge is 0.474 e. The van der Waals surface area contributed by atoms with Crippen LogP contribution < -0.4 is 0 Å². The van der Waals surface area contributed by atoms with E-state index in [1.807, 2.05) is 0 Å². The van der Waals surface area contributed by atoms with Gasteiger partial charge >= 0.3 is 6.18 Å². The molecule has 0 amide bonds. The highest BCUT2D eigenvalue weighted by molar-refractivity contribution is 5.92. The van der Waals surface area contributed by atoms with Crippen LogP contribution in [0.2, 0.25) is 0 Å². The summed E-state index contributed by atoms with van der Waals surface area (Å²) in [6.07, 6.45) is -3.58. The Morgan fingerprint density at radius 3 is 2.53 bits per heavy atom. The second-order valence-corrected chi connectivity index (χ2v) is 2.97. The Hall–Kier alpha value is -1.59. The van der Waals surface area contributed by atoms with Crippen molar-refractivity contribution < 1.29 is 17.9 Å². The normalized spacial score (nSPS) is 16.1. The molecule has 2 heterocycles. The number of hydrogen-bond acceptors (Lipinski definition) is 3. The first-order valence-electron chi connectivity index (χ1n) is 4.28. The number of ether oxygens (including phenoxy) is 1. The van der Waals surface area contributed by atoms with Gasteiger partial charge in [-0.05, 0) is 12.1 Å². The van der Waals surface area contributed by atoms with Crippen molar-refractivity contribution in [2.45, 2.75) is 6.18 Å². The second-order valence-electron chi connectivity index (χ2n) is 2.97. The zero-order valence-electron chi connectivity index (χ0n) is 7.58. The van der Waals surface area contributed by atoms with Gasteiger partial charge in [0.25, 0.3) is 0 Å². The van der Waals surface area contributed by atoms with Crippen molar-refractivity contribution in [3.05, 3.63) is 29.6 Å². The van der Waals surface area contributed by atoms with Crippen LogP contribution >= 0.6 is 0 Å². The lowest BCUT2D eigenvalue weighted by Crippen LogP contribution is -2.08. The van der Waals surface area contributed by atoms with Crippen molar-refractivity contribution in [1.29, 1.82) is 0 Å². The van der Waals surface area contributed by atoms with Gasteiger partial charge in [-0.15, -0.1) is 0 Å². The summed E-state index contributed by atoms with van der Waals surface area (Å²) in [5.74, 6) is 0.309. The molecule has 1 aromatic rings. The molecule has 1 aliphatic rings. The third-order valence-corrected chi connectivity index (χ3v) is 1.90. The van der Waals surface area contributed by atoms with E-state index >= 15 is 0 Å². The zero-order valence-corrected chi connectivity index (χ0v) is 7.58. The summed E-state index contributed by atoms with van der Waals surface area (Å²) in [5.41, 5.74) is -0.439. The molecule has 0 atom stereocenters. The van der Waals surface area contributed by atoms with E-state index in [0.29, 0.717) is 24.7 Å². The lowest BCUT2D eigenvalue weighted by atomic mass is 10.2. The molecule has 3 nitrogen and oxygen atoms in total. The number of hydrogen-bond donors (Lipinski definition) is 0. The van der Waals surface area contributed by atoms with E-state index in [-0.39, 0.29) is 0 Å². The molecule has 0 aliphatic carbocycles. The van der Waals surface area contributed by atoms with Crippen molar-refractivity contribution in [2.75, 3.05) is 13.2 Å². The summed E-state index contributed by atoms with van der Waals surface area (Å²) in [4.78, 5) is 7.60. The van der Waals surface area contributed by atoms with Crippen molar-refractivity contribution in [1.82, 2.24) is 4.98 Å². The fourth-order valence-corrected chi connectivity index (χ4v) is 1.18. The van der Waals surface area contributed by atoms with E-state index in [1.54, 1.807) is 0 Å². The number of pyridine rings is 1. The van der Waals surface area contributed by atoms with Gasteiger partial charge in [-0.3, -0.25) is 4.98 Å². The molecular weight excluding hydrogens is 209 g/mol. The Morgan fingerprint density at radius 2 is 2.07 bits per heavy atom. The summed E-state index contributed by atoms with van der Waals surface area (Å²) < 4.78 is 41.7. The van der Waals surface area contributed by atoms with Crippen LogP contribution in [-0.4, -0.2) is 24.0 Å². The van der Waals surface area contributed by atoms with Crippen LogP contribution in [0.15, 0.2) is 23.3 Å². The molecule has 0 unspecified atom stereocenters. The highest BCUT2D eigenvalue weighted by Gasteiger charge is 2.30. The van der Waals surface area contributed by atoms with Gasteiger partial charge in [-0.25, -0.2) is 4.99 Å². The van der Waals surface area contributed by atoms with Crippen molar-refractivity contribution in [3.63, 3.8) is 0 Å². The molecule has 2 rings (SSSR count). The zero-order chi connectivity index (χ0) is 10.9. The lowest BCUT2D eigenvalue weighted by Gasteiger charge is -2.06. The third-order valence-electron chi connectivity index (χ3n) is 1.90.